The second kappa shape index (κ2) is 6.58. The zero-order valence-electron chi connectivity index (χ0n) is 13.5. The molecule has 2 rings (SSSR count). The predicted molar refractivity (Wildman–Crippen MR) is 83.5 cm³/mol. The van der Waals surface area contributed by atoms with Crippen LogP contribution < -0.4 is 5.32 Å². The average Bonchev–Trinajstić information content (AvgIpc) is 2.80. The van der Waals surface area contributed by atoms with Crippen molar-refractivity contribution in [1.29, 1.82) is 0 Å². The maximum Gasteiger partial charge on any atom is 0.0252 e. The van der Waals surface area contributed by atoms with Gasteiger partial charge in [-0.15, -0.1) is 0 Å². The summed E-state index contributed by atoms with van der Waals surface area (Å²) in [6, 6.07) is 0.733. The lowest BCUT2D eigenvalue weighted by Crippen LogP contribution is -2.62. The van der Waals surface area contributed by atoms with Gasteiger partial charge in [0, 0.05) is 24.7 Å². The van der Waals surface area contributed by atoms with E-state index in [0.717, 1.165) is 24.4 Å². The summed E-state index contributed by atoms with van der Waals surface area (Å²) >= 11 is 0. The molecular weight excluding hydrogens is 232 g/mol. The molecule has 1 unspecified atom stereocenters. The second-order valence-electron chi connectivity index (χ2n) is 7.84. The predicted octanol–water partition coefficient (Wildman–Crippen LogP) is 3.67. The minimum Gasteiger partial charge on any atom is -0.309 e. The van der Waals surface area contributed by atoms with Gasteiger partial charge < -0.3 is 5.32 Å². The smallest absolute Gasteiger partial charge is 0.0252 e. The fourth-order valence-electron chi connectivity index (χ4n) is 3.98. The summed E-state index contributed by atoms with van der Waals surface area (Å²) in [6.45, 7) is 13.1. The van der Waals surface area contributed by atoms with Gasteiger partial charge in [-0.2, -0.15) is 0 Å². The largest absolute Gasteiger partial charge is 0.309 e. The van der Waals surface area contributed by atoms with E-state index in [1.807, 2.05) is 0 Å². The molecule has 0 aromatic rings. The van der Waals surface area contributed by atoms with E-state index in [9.17, 15) is 0 Å². The van der Waals surface area contributed by atoms with E-state index < -0.39 is 0 Å². The van der Waals surface area contributed by atoms with Crippen molar-refractivity contribution in [3.8, 4) is 0 Å². The molecule has 1 atom stereocenters. The molecule has 0 spiro atoms. The number of hydrogen-bond donors (Lipinski definition) is 1. The average molecular weight is 266 g/mol. The SMILES string of the molecule is CC(C)C1CNC(C)(C)CN1CCCC1CCCC1. The Morgan fingerprint density at radius 1 is 1.21 bits per heavy atom. The van der Waals surface area contributed by atoms with Crippen molar-refractivity contribution in [3.05, 3.63) is 0 Å². The third-order valence-electron chi connectivity index (χ3n) is 5.16. The van der Waals surface area contributed by atoms with Crippen LogP contribution in [-0.4, -0.2) is 36.1 Å². The molecule has 2 heteroatoms. The van der Waals surface area contributed by atoms with Crippen molar-refractivity contribution < 1.29 is 0 Å². The van der Waals surface area contributed by atoms with Crippen molar-refractivity contribution in [2.45, 2.75) is 77.8 Å². The van der Waals surface area contributed by atoms with Crippen molar-refractivity contribution in [3.63, 3.8) is 0 Å². The summed E-state index contributed by atoms with van der Waals surface area (Å²) in [4.78, 5) is 2.76. The number of hydrogen-bond acceptors (Lipinski definition) is 2. The van der Waals surface area contributed by atoms with Crippen molar-refractivity contribution in [2.75, 3.05) is 19.6 Å². The first-order chi connectivity index (χ1) is 8.98. The first-order valence-corrected chi connectivity index (χ1v) is 8.47. The quantitative estimate of drug-likeness (QED) is 0.817. The molecule has 0 aromatic heterocycles. The zero-order chi connectivity index (χ0) is 13.9. The lowest BCUT2D eigenvalue weighted by Gasteiger charge is -2.46. The van der Waals surface area contributed by atoms with Crippen molar-refractivity contribution in [1.82, 2.24) is 10.2 Å². The summed E-state index contributed by atoms with van der Waals surface area (Å²) in [6.07, 6.45) is 8.85. The highest BCUT2D eigenvalue weighted by Gasteiger charge is 2.33. The molecule has 1 heterocycles. The summed E-state index contributed by atoms with van der Waals surface area (Å²) < 4.78 is 0. The standard InChI is InChI=1S/C17H34N2/c1-14(2)16-12-18-17(3,4)13-19(16)11-7-10-15-8-5-6-9-15/h14-16,18H,5-13H2,1-4H3. The molecule has 112 valence electrons. The Hall–Kier alpha value is -0.0800. The molecule has 1 aliphatic carbocycles. The summed E-state index contributed by atoms with van der Waals surface area (Å²) in [5, 5.41) is 3.71. The van der Waals surface area contributed by atoms with E-state index in [1.165, 1.54) is 51.6 Å². The Kier molecular flexibility index (Phi) is 5.30. The van der Waals surface area contributed by atoms with Gasteiger partial charge in [0.15, 0.2) is 0 Å². The molecule has 1 N–H and O–H groups in total. The van der Waals surface area contributed by atoms with Crippen LogP contribution in [-0.2, 0) is 0 Å². The Bertz CT molecular complexity index is 266. The fraction of sp³-hybridized carbons (Fsp3) is 1.00. The Morgan fingerprint density at radius 2 is 1.89 bits per heavy atom. The molecule has 2 aliphatic rings. The lowest BCUT2D eigenvalue weighted by molar-refractivity contribution is 0.0668. The molecular formula is C17H34N2. The molecule has 0 radical (unpaired) electrons. The summed E-state index contributed by atoms with van der Waals surface area (Å²) in [5.41, 5.74) is 0.290. The lowest BCUT2D eigenvalue weighted by atomic mass is 9.92. The first-order valence-electron chi connectivity index (χ1n) is 8.47. The van der Waals surface area contributed by atoms with E-state index in [-0.39, 0.29) is 0 Å². The molecule has 1 saturated heterocycles. The van der Waals surface area contributed by atoms with Gasteiger partial charge in [0.05, 0.1) is 0 Å². The van der Waals surface area contributed by atoms with Crippen LogP contribution >= 0.6 is 0 Å². The summed E-state index contributed by atoms with van der Waals surface area (Å²) in [7, 11) is 0. The molecule has 2 nitrogen and oxygen atoms in total. The fourth-order valence-corrected chi connectivity index (χ4v) is 3.98. The van der Waals surface area contributed by atoms with Crippen LogP contribution in [0.4, 0.5) is 0 Å². The van der Waals surface area contributed by atoms with Crippen LogP contribution in [0.5, 0.6) is 0 Å². The van der Waals surface area contributed by atoms with Gasteiger partial charge >= 0.3 is 0 Å². The molecule has 1 aliphatic heterocycles. The van der Waals surface area contributed by atoms with Crippen LogP contribution in [0.15, 0.2) is 0 Å². The van der Waals surface area contributed by atoms with Crippen LogP contribution in [0, 0.1) is 11.8 Å². The van der Waals surface area contributed by atoms with Gasteiger partial charge in [-0.25, -0.2) is 0 Å². The van der Waals surface area contributed by atoms with E-state index in [4.69, 9.17) is 0 Å². The highest BCUT2D eigenvalue weighted by Crippen LogP contribution is 2.29. The molecule has 0 bridgehead atoms. The Labute approximate surface area is 120 Å². The second-order valence-corrected chi connectivity index (χ2v) is 7.84. The molecule has 2 fully saturated rings. The van der Waals surface area contributed by atoms with Crippen molar-refractivity contribution >= 4 is 0 Å². The first kappa shape index (κ1) is 15.3. The minimum absolute atomic E-state index is 0.290. The third kappa shape index (κ3) is 4.46. The maximum atomic E-state index is 3.71. The third-order valence-corrected chi connectivity index (χ3v) is 5.16. The normalized spacial score (nSPS) is 29.2. The number of rotatable bonds is 5. The molecule has 19 heavy (non-hydrogen) atoms. The number of nitrogens with one attached hydrogen (secondary N) is 1. The van der Waals surface area contributed by atoms with Crippen LogP contribution in [0.2, 0.25) is 0 Å². The van der Waals surface area contributed by atoms with Crippen molar-refractivity contribution in [2.24, 2.45) is 11.8 Å². The van der Waals surface area contributed by atoms with E-state index in [1.54, 1.807) is 0 Å². The Balaban J connectivity index is 1.79. The topological polar surface area (TPSA) is 15.3 Å². The monoisotopic (exact) mass is 266 g/mol. The van der Waals surface area contributed by atoms with Gasteiger partial charge in [0.25, 0.3) is 0 Å². The van der Waals surface area contributed by atoms with Gasteiger partial charge in [-0.1, -0.05) is 39.5 Å². The maximum absolute atomic E-state index is 3.71. The number of nitrogens with zero attached hydrogens (tertiary/aromatic N) is 1. The van der Waals surface area contributed by atoms with E-state index in [2.05, 4.69) is 37.9 Å². The van der Waals surface area contributed by atoms with Crippen LogP contribution in [0.1, 0.15) is 66.2 Å². The van der Waals surface area contributed by atoms with Gasteiger partial charge in [-0.05, 0) is 45.1 Å². The van der Waals surface area contributed by atoms with Gasteiger partial charge in [-0.3, -0.25) is 4.90 Å². The van der Waals surface area contributed by atoms with E-state index in [0.29, 0.717) is 5.54 Å². The van der Waals surface area contributed by atoms with Gasteiger partial charge in [0.2, 0.25) is 0 Å². The Morgan fingerprint density at radius 3 is 2.53 bits per heavy atom. The summed E-state index contributed by atoms with van der Waals surface area (Å²) in [5.74, 6) is 1.81. The van der Waals surface area contributed by atoms with Crippen LogP contribution in [0.25, 0.3) is 0 Å². The molecule has 1 saturated carbocycles. The highest BCUT2D eigenvalue weighted by atomic mass is 15.2. The van der Waals surface area contributed by atoms with Gasteiger partial charge in [0.1, 0.15) is 0 Å². The number of piperazine rings is 1. The van der Waals surface area contributed by atoms with Crippen LogP contribution in [0.3, 0.4) is 0 Å². The molecule has 0 amide bonds. The highest BCUT2D eigenvalue weighted by molar-refractivity contribution is 4.93. The molecule has 0 aromatic carbocycles. The minimum atomic E-state index is 0.290. The van der Waals surface area contributed by atoms with E-state index >= 15 is 0 Å². The zero-order valence-corrected chi connectivity index (χ0v) is 13.5.